The van der Waals surface area contributed by atoms with Crippen molar-refractivity contribution in [3.8, 4) is 6.07 Å². The first-order valence-electron chi connectivity index (χ1n) is 4.44. The highest BCUT2D eigenvalue weighted by atomic mass is 19.1. The molecule has 14 heavy (non-hydrogen) atoms. The van der Waals surface area contributed by atoms with Gasteiger partial charge in [0.25, 0.3) is 0 Å². The van der Waals surface area contributed by atoms with Crippen LogP contribution in [-0.4, -0.2) is 6.54 Å². The second kappa shape index (κ2) is 3.51. The zero-order valence-corrected chi connectivity index (χ0v) is 7.55. The minimum atomic E-state index is -0.267. The van der Waals surface area contributed by atoms with Gasteiger partial charge in [0.15, 0.2) is 0 Å². The van der Waals surface area contributed by atoms with Crippen LogP contribution >= 0.6 is 0 Å². The summed E-state index contributed by atoms with van der Waals surface area (Å²) in [4.78, 5) is 0. The van der Waals surface area contributed by atoms with Crippen molar-refractivity contribution in [2.45, 2.75) is 6.42 Å². The van der Waals surface area contributed by atoms with Crippen LogP contribution < -0.4 is 5.32 Å². The summed E-state index contributed by atoms with van der Waals surface area (Å²) in [5.41, 5.74) is 2.09. The van der Waals surface area contributed by atoms with Crippen LogP contribution in [0.2, 0.25) is 0 Å². The van der Waals surface area contributed by atoms with Crippen molar-refractivity contribution >= 4 is 11.3 Å². The molecule has 0 saturated carbocycles. The number of benzene rings is 1. The van der Waals surface area contributed by atoms with E-state index in [2.05, 4.69) is 5.32 Å². The summed E-state index contributed by atoms with van der Waals surface area (Å²) in [5.74, 6) is -0.267. The van der Waals surface area contributed by atoms with E-state index in [4.69, 9.17) is 5.26 Å². The Kier molecular flexibility index (Phi) is 2.19. The Bertz CT molecular complexity index is 429. The summed E-state index contributed by atoms with van der Waals surface area (Å²) in [7, 11) is 0. The molecular formula is C11H9FN2. The van der Waals surface area contributed by atoms with Crippen LogP contribution in [0.1, 0.15) is 12.0 Å². The van der Waals surface area contributed by atoms with Gasteiger partial charge in [0.05, 0.1) is 6.07 Å². The molecule has 0 radical (unpaired) electrons. The molecule has 1 aromatic carbocycles. The zero-order chi connectivity index (χ0) is 9.97. The molecule has 1 N–H and O–H groups in total. The van der Waals surface area contributed by atoms with Crippen LogP contribution in [0.25, 0.3) is 5.57 Å². The molecule has 0 aromatic heterocycles. The van der Waals surface area contributed by atoms with E-state index in [-0.39, 0.29) is 5.82 Å². The third-order valence-corrected chi connectivity index (χ3v) is 2.28. The van der Waals surface area contributed by atoms with Gasteiger partial charge in [-0.1, -0.05) is 6.07 Å². The molecule has 0 unspecified atom stereocenters. The van der Waals surface area contributed by atoms with Gasteiger partial charge < -0.3 is 5.32 Å². The Balaban J connectivity index is 2.59. The molecule has 0 atom stereocenters. The summed E-state index contributed by atoms with van der Waals surface area (Å²) in [6.45, 7) is 0.754. The van der Waals surface area contributed by atoms with Gasteiger partial charge in [-0.25, -0.2) is 4.39 Å². The largest absolute Gasteiger partial charge is 0.384 e. The van der Waals surface area contributed by atoms with Gasteiger partial charge in [0.2, 0.25) is 0 Å². The topological polar surface area (TPSA) is 35.8 Å². The first-order valence-corrected chi connectivity index (χ1v) is 4.44. The van der Waals surface area contributed by atoms with Crippen molar-refractivity contribution in [2.24, 2.45) is 0 Å². The fourth-order valence-electron chi connectivity index (χ4n) is 1.68. The van der Waals surface area contributed by atoms with Crippen LogP contribution in [0.5, 0.6) is 0 Å². The van der Waals surface area contributed by atoms with E-state index in [9.17, 15) is 4.39 Å². The number of hydrogen-bond donors (Lipinski definition) is 1. The normalized spacial score (nSPS) is 17.0. The van der Waals surface area contributed by atoms with E-state index in [0.29, 0.717) is 12.0 Å². The summed E-state index contributed by atoms with van der Waals surface area (Å²) in [6.07, 6.45) is 2.12. The number of halogens is 1. The first-order chi connectivity index (χ1) is 6.83. The Hall–Kier alpha value is -1.82. The van der Waals surface area contributed by atoms with E-state index in [1.54, 1.807) is 6.07 Å². The Labute approximate surface area is 81.7 Å². The fourth-order valence-corrected chi connectivity index (χ4v) is 1.68. The lowest BCUT2D eigenvalue weighted by Crippen LogP contribution is -2.12. The van der Waals surface area contributed by atoms with E-state index >= 15 is 0 Å². The third-order valence-electron chi connectivity index (χ3n) is 2.28. The number of fused-ring (bicyclic) bond motifs is 1. The Morgan fingerprint density at radius 1 is 1.50 bits per heavy atom. The molecule has 1 aliphatic heterocycles. The molecule has 70 valence electrons. The van der Waals surface area contributed by atoms with Crippen molar-refractivity contribution in [1.29, 1.82) is 5.26 Å². The predicted octanol–water partition coefficient (Wildman–Crippen LogP) is 2.55. The van der Waals surface area contributed by atoms with Crippen LogP contribution in [0.15, 0.2) is 24.3 Å². The second-order valence-corrected chi connectivity index (χ2v) is 3.14. The van der Waals surface area contributed by atoms with Crippen LogP contribution in [0.4, 0.5) is 10.1 Å². The Morgan fingerprint density at radius 3 is 3.14 bits per heavy atom. The summed E-state index contributed by atoms with van der Waals surface area (Å²) in [5, 5.41) is 11.7. The fraction of sp³-hybridized carbons (Fsp3) is 0.182. The molecule has 0 fully saturated rings. The SMILES string of the molecule is N#C/C=C1/CCNc2cccc(F)c21. The van der Waals surface area contributed by atoms with Gasteiger partial charge in [-0.3, -0.25) is 0 Å². The summed E-state index contributed by atoms with van der Waals surface area (Å²) < 4.78 is 13.5. The van der Waals surface area contributed by atoms with Crippen molar-refractivity contribution in [3.05, 3.63) is 35.7 Å². The van der Waals surface area contributed by atoms with Gasteiger partial charge in [-0.15, -0.1) is 0 Å². The van der Waals surface area contributed by atoms with E-state index in [1.807, 2.05) is 12.1 Å². The van der Waals surface area contributed by atoms with Crippen LogP contribution in [0.3, 0.4) is 0 Å². The lowest BCUT2D eigenvalue weighted by atomic mass is 9.96. The highest BCUT2D eigenvalue weighted by Crippen LogP contribution is 2.32. The minimum absolute atomic E-state index is 0.267. The van der Waals surface area contributed by atoms with Gasteiger partial charge >= 0.3 is 0 Å². The molecule has 1 aromatic rings. The number of rotatable bonds is 0. The summed E-state index contributed by atoms with van der Waals surface area (Å²) >= 11 is 0. The first kappa shape index (κ1) is 8.76. The third kappa shape index (κ3) is 1.35. The molecule has 2 rings (SSSR count). The lowest BCUT2D eigenvalue weighted by Gasteiger charge is -2.20. The molecule has 0 spiro atoms. The van der Waals surface area contributed by atoms with Gasteiger partial charge in [0.1, 0.15) is 5.82 Å². The zero-order valence-electron chi connectivity index (χ0n) is 7.55. The monoisotopic (exact) mass is 188 g/mol. The molecule has 3 heteroatoms. The number of hydrogen-bond acceptors (Lipinski definition) is 2. The number of allylic oxidation sites excluding steroid dienone is 1. The van der Waals surface area contributed by atoms with Crippen molar-refractivity contribution in [1.82, 2.24) is 0 Å². The summed E-state index contributed by atoms with van der Waals surface area (Å²) in [6, 6.07) is 6.85. The van der Waals surface area contributed by atoms with Crippen LogP contribution in [0, 0.1) is 17.1 Å². The van der Waals surface area contributed by atoms with E-state index in [0.717, 1.165) is 17.8 Å². The maximum absolute atomic E-state index is 13.5. The number of nitrogens with one attached hydrogen (secondary N) is 1. The highest BCUT2D eigenvalue weighted by Gasteiger charge is 2.16. The van der Waals surface area contributed by atoms with Gasteiger partial charge in [0, 0.05) is 23.9 Å². The van der Waals surface area contributed by atoms with Crippen LogP contribution in [-0.2, 0) is 0 Å². The average molecular weight is 188 g/mol. The predicted molar refractivity (Wildman–Crippen MR) is 53.1 cm³/mol. The lowest BCUT2D eigenvalue weighted by molar-refractivity contribution is 0.622. The van der Waals surface area contributed by atoms with E-state index in [1.165, 1.54) is 12.1 Å². The molecule has 2 nitrogen and oxygen atoms in total. The van der Waals surface area contributed by atoms with Crippen molar-refractivity contribution < 1.29 is 4.39 Å². The number of anilines is 1. The van der Waals surface area contributed by atoms with Crippen molar-refractivity contribution in [2.75, 3.05) is 11.9 Å². The smallest absolute Gasteiger partial charge is 0.132 e. The van der Waals surface area contributed by atoms with E-state index < -0.39 is 0 Å². The number of nitrogens with zero attached hydrogens (tertiary/aromatic N) is 1. The molecule has 0 bridgehead atoms. The van der Waals surface area contributed by atoms with Gasteiger partial charge in [-0.05, 0) is 24.1 Å². The van der Waals surface area contributed by atoms with Gasteiger partial charge in [-0.2, -0.15) is 5.26 Å². The minimum Gasteiger partial charge on any atom is -0.384 e. The number of nitriles is 1. The Morgan fingerprint density at radius 2 is 2.36 bits per heavy atom. The molecule has 1 aliphatic rings. The molecule has 0 aliphatic carbocycles. The molecule has 0 amide bonds. The maximum Gasteiger partial charge on any atom is 0.132 e. The standard InChI is InChI=1S/C11H9FN2/c12-9-2-1-3-10-11(9)8(4-6-13)5-7-14-10/h1-4,14H,5,7H2/b8-4-. The molecular weight excluding hydrogens is 179 g/mol. The highest BCUT2D eigenvalue weighted by molar-refractivity contribution is 5.80. The quantitative estimate of drug-likeness (QED) is 0.635. The average Bonchev–Trinajstić information content (AvgIpc) is 2.19. The van der Waals surface area contributed by atoms with Crippen molar-refractivity contribution in [3.63, 3.8) is 0 Å². The maximum atomic E-state index is 13.5. The second-order valence-electron chi connectivity index (χ2n) is 3.14. The molecule has 1 heterocycles. The molecule has 0 saturated heterocycles.